The molecule has 0 aliphatic heterocycles. The van der Waals surface area contributed by atoms with Gasteiger partial charge in [-0.15, -0.1) is 0 Å². The molecule has 33 heavy (non-hydrogen) atoms. The Bertz CT molecular complexity index is 994. The molecule has 0 spiro atoms. The molecule has 2 N–H and O–H groups in total. The second kappa shape index (κ2) is 13.7. The summed E-state index contributed by atoms with van der Waals surface area (Å²) < 4.78 is 24.8. The van der Waals surface area contributed by atoms with E-state index in [9.17, 15) is 9.36 Å². The third-order valence-electron chi connectivity index (χ3n) is 4.71. The Morgan fingerprint density at radius 2 is 1.36 bits per heavy atom. The maximum Gasteiger partial charge on any atom is 0.406 e. The van der Waals surface area contributed by atoms with Crippen LogP contribution in [0.25, 0.3) is 0 Å². The van der Waals surface area contributed by atoms with Crippen LogP contribution in [-0.4, -0.2) is 11.1 Å². The maximum atomic E-state index is 13.4. The zero-order valence-corrected chi connectivity index (χ0v) is 20.3. The number of carbonyl (C=O) groups is 1. The van der Waals surface area contributed by atoms with Crippen LogP contribution in [0.3, 0.4) is 0 Å². The van der Waals surface area contributed by atoms with Crippen molar-refractivity contribution >= 4 is 13.7 Å². The van der Waals surface area contributed by atoms with Gasteiger partial charge in [-0.25, -0.2) is 9.65 Å². The van der Waals surface area contributed by atoms with Crippen LogP contribution in [-0.2, 0) is 44.6 Å². The zero-order valence-electron chi connectivity index (χ0n) is 19.4. The minimum Gasteiger partial charge on any atom is -0.481 e. The Balaban J connectivity index is 0.00000187. The number of carboxylic acids is 1. The molecule has 0 amide bonds. The predicted molar refractivity (Wildman–Crippen MR) is 131 cm³/mol. The fourth-order valence-corrected chi connectivity index (χ4v) is 4.28. The highest BCUT2D eigenvalue weighted by Gasteiger charge is 2.25. The first kappa shape index (κ1) is 26.5. The van der Waals surface area contributed by atoms with Gasteiger partial charge in [-0.05, 0) is 34.7 Å². The van der Waals surface area contributed by atoms with Gasteiger partial charge in [-0.1, -0.05) is 92.7 Å². The highest BCUT2D eigenvalue weighted by Crippen LogP contribution is 2.45. The summed E-state index contributed by atoms with van der Waals surface area (Å²) in [7, 11) is -3.61. The van der Waals surface area contributed by atoms with Crippen molar-refractivity contribution < 1.29 is 23.5 Å². The van der Waals surface area contributed by atoms with Crippen molar-refractivity contribution in [3.05, 3.63) is 107 Å². The molecule has 3 aromatic rings. The lowest BCUT2D eigenvalue weighted by molar-refractivity contribution is -0.136. The van der Waals surface area contributed by atoms with Gasteiger partial charge in [0.25, 0.3) is 0 Å². The predicted octanol–water partition coefficient (Wildman–Crippen LogP) is 6.28. The van der Waals surface area contributed by atoms with Crippen molar-refractivity contribution in [2.24, 2.45) is 0 Å². The molecule has 176 valence electrons. The second-order valence-corrected chi connectivity index (χ2v) is 9.01. The van der Waals surface area contributed by atoms with E-state index in [1.54, 1.807) is 6.07 Å². The Hall–Kier alpha value is -2.76. The van der Waals surface area contributed by atoms with Crippen LogP contribution >= 0.6 is 7.75 Å². The molecule has 3 aromatic carbocycles. The molecule has 0 aliphatic rings. The van der Waals surface area contributed by atoms with E-state index in [2.05, 4.69) is 5.09 Å². The molecule has 0 saturated heterocycles. The lowest BCUT2D eigenvalue weighted by Crippen LogP contribution is -2.15. The number of aliphatic carboxylic acids is 1. The number of carboxylic acid groups (broad SMARTS) is 1. The second-order valence-electron chi connectivity index (χ2n) is 7.18. The number of hydrogen-bond acceptors (Lipinski definition) is 4. The van der Waals surface area contributed by atoms with Crippen LogP contribution in [0, 0.1) is 6.92 Å². The third-order valence-corrected chi connectivity index (χ3v) is 6.20. The van der Waals surface area contributed by atoms with Crippen molar-refractivity contribution in [2.75, 3.05) is 0 Å². The quantitative estimate of drug-likeness (QED) is 0.322. The first-order chi connectivity index (χ1) is 15.9. The third kappa shape index (κ3) is 9.32. The summed E-state index contributed by atoms with van der Waals surface area (Å²) in [5.41, 5.74) is 4.26. The Morgan fingerprint density at radius 3 is 1.82 bits per heavy atom. The smallest absolute Gasteiger partial charge is 0.406 e. The summed E-state index contributed by atoms with van der Waals surface area (Å²) in [4.78, 5) is 11.0. The highest BCUT2D eigenvalue weighted by molar-refractivity contribution is 7.51. The maximum absolute atomic E-state index is 13.4. The molecular formula is C26H32NO5P. The summed E-state index contributed by atoms with van der Waals surface area (Å²) in [5, 5.41) is 11.9. The molecule has 7 heteroatoms. The van der Waals surface area contributed by atoms with Gasteiger partial charge < -0.3 is 5.11 Å². The number of aryl methyl sites for hydroxylation is 1. The van der Waals surface area contributed by atoms with Gasteiger partial charge in [0, 0.05) is 6.54 Å². The van der Waals surface area contributed by atoms with Gasteiger partial charge in [-0.2, -0.15) is 0 Å². The molecule has 0 radical (unpaired) electrons. The van der Waals surface area contributed by atoms with Gasteiger partial charge in [0.1, 0.15) is 0 Å². The fraction of sp³-hybridized carbons (Fsp3) is 0.269. The first-order valence-electron chi connectivity index (χ1n) is 11.0. The molecule has 6 nitrogen and oxygen atoms in total. The van der Waals surface area contributed by atoms with Crippen LogP contribution in [0.4, 0.5) is 0 Å². The summed E-state index contributed by atoms with van der Waals surface area (Å²) in [6, 6.07) is 24.4. The van der Waals surface area contributed by atoms with Crippen LogP contribution in [0.1, 0.15) is 41.7 Å². The number of nitrogens with one attached hydrogen (secondary N) is 1. The SMILES string of the molecule is CC.Cc1cc(CNP(=O)(OCc2ccccc2)OCc2ccccc2)ccc1CC(=O)O. The monoisotopic (exact) mass is 469 g/mol. The van der Waals surface area contributed by atoms with Crippen molar-refractivity contribution in [1.82, 2.24) is 5.09 Å². The highest BCUT2D eigenvalue weighted by atomic mass is 31.2. The van der Waals surface area contributed by atoms with E-state index < -0.39 is 13.7 Å². The molecule has 0 unspecified atom stereocenters. The molecule has 0 fully saturated rings. The number of rotatable bonds is 11. The standard InChI is InChI=1S/C24H26NO5P.C2H6/c1-19-14-22(12-13-23(19)15-24(26)27)16-25-31(28,29-17-20-8-4-2-5-9-20)30-18-21-10-6-3-7-11-21;1-2/h2-14H,15-18H2,1H3,(H,25,28)(H,26,27);1-2H3. The van der Waals surface area contributed by atoms with E-state index in [1.807, 2.05) is 93.6 Å². The van der Waals surface area contributed by atoms with Crippen LogP contribution < -0.4 is 5.09 Å². The average molecular weight is 470 g/mol. The van der Waals surface area contributed by atoms with Gasteiger partial charge in [0.15, 0.2) is 0 Å². The molecule has 0 heterocycles. The summed E-state index contributed by atoms with van der Waals surface area (Å²) in [6.45, 7) is 6.42. The largest absolute Gasteiger partial charge is 0.481 e. The molecular weight excluding hydrogens is 437 g/mol. The molecule has 3 rings (SSSR count). The van der Waals surface area contributed by atoms with Crippen LogP contribution in [0.15, 0.2) is 78.9 Å². The molecule has 0 bridgehead atoms. The molecule has 0 aliphatic carbocycles. The van der Waals surface area contributed by atoms with Crippen molar-refractivity contribution in [2.45, 2.75) is 47.0 Å². The van der Waals surface area contributed by atoms with E-state index in [0.717, 1.165) is 27.8 Å². The van der Waals surface area contributed by atoms with Crippen molar-refractivity contribution in [3.8, 4) is 0 Å². The molecule has 0 saturated carbocycles. The van der Waals surface area contributed by atoms with Crippen LogP contribution in [0.5, 0.6) is 0 Å². The summed E-state index contributed by atoms with van der Waals surface area (Å²) in [6.07, 6.45) is -0.0294. The van der Waals surface area contributed by atoms with Gasteiger partial charge in [-0.3, -0.25) is 13.8 Å². The van der Waals surface area contributed by atoms with Gasteiger partial charge in [0.05, 0.1) is 19.6 Å². The number of benzene rings is 3. The average Bonchev–Trinajstić information content (AvgIpc) is 2.84. The Labute approximate surface area is 196 Å². The minimum absolute atomic E-state index is 0.0294. The van der Waals surface area contributed by atoms with Crippen LogP contribution in [0.2, 0.25) is 0 Å². The fourth-order valence-electron chi connectivity index (χ4n) is 3.01. The van der Waals surface area contributed by atoms with Crippen molar-refractivity contribution in [3.63, 3.8) is 0 Å². The lowest BCUT2D eigenvalue weighted by Gasteiger charge is -2.20. The normalized spacial score (nSPS) is 10.9. The molecule has 0 atom stereocenters. The lowest BCUT2D eigenvalue weighted by atomic mass is 10.0. The van der Waals surface area contributed by atoms with E-state index in [1.165, 1.54) is 0 Å². The van der Waals surface area contributed by atoms with Crippen molar-refractivity contribution in [1.29, 1.82) is 0 Å². The summed E-state index contributed by atoms with van der Waals surface area (Å²) in [5.74, 6) is -0.873. The van der Waals surface area contributed by atoms with Gasteiger partial charge >= 0.3 is 13.7 Å². The number of hydrogen-bond donors (Lipinski definition) is 2. The minimum atomic E-state index is -3.61. The van der Waals surface area contributed by atoms with E-state index in [4.69, 9.17) is 14.2 Å². The van der Waals surface area contributed by atoms with E-state index in [-0.39, 0.29) is 26.2 Å². The Morgan fingerprint density at radius 1 is 0.848 bits per heavy atom. The van der Waals surface area contributed by atoms with E-state index in [0.29, 0.717) is 0 Å². The van der Waals surface area contributed by atoms with E-state index >= 15 is 0 Å². The topological polar surface area (TPSA) is 84.9 Å². The first-order valence-corrected chi connectivity index (χ1v) is 12.5. The summed E-state index contributed by atoms with van der Waals surface area (Å²) >= 11 is 0. The van der Waals surface area contributed by atoms with Gasteiger partial charge in [0.2, 0.25) is 0 Å². The Kier molecular flexibility index (Phi) is 11.0. The zero-order chi connectivity index (χ0) is 24.1. The molecule has 0 aromatic heterocycles.